The second-order valence-corrected chi connectivity index (χ2v) is 16.0. The van der Waals surface area contributed by atoms with Gasteiger partial charge in [-0.3, -0.25) is 9.59 Å². The van der Waals surface area contributed by atoms with Gasteiger partial charge < -0.3 is 19.5 Å². The first-order valence-corrected chi connectivity index (χ1v) is 23.3. The molecular formula is C47H91NO5. The van der Waals surface area contributed by atoms with Crippen LogP contribution < -0.4 is 0 Å². The zero-order valence-electron chi connectivity index (χ0n) is 35.8. The minimum Gasteiger partial charge on any atom is -0.462 e. The number of hydrogen-bond acceptors (Lipinski definition) is 6. The quantitative estimate of drug-likeness (QED) is 0.0380. The summed E-state index contributed by atoms with van der Waals surface area (Å²) in [6.45, 7) is 13.6. The maximum absolute atomic E-state index is 12.7. The highest BCUT2D eigenvalue weighted by molar-refractivity contribution is 5.69. The number of aliphatic hydroxyl groups is 1. The van der Waals surface area contributed by atoms with Gasteiger partial charge in [0.1, 0.15) is 12.2 Å². The van der Waals surface area contributed by atoms with Crippen LogP contribution >= 0.6 is 0 Å². The normalized spacial score (nSPS) is 12.1. The molecular weight excluding hydrogens is 659 g/mol. The molecule has 1 N–H and O–H groups in total. The van der Waals surface area contributed by atoms with Gasteiger partial charge in [0.15, 0.2) is 0 Å². The largest absolute Gasteiger partial charge is 0.462 e. The third-order valence-corrected chi connectivity index (χ3v) is 10.8. The van der Waals surface area contributed by atoms with Gasteiger partial charge in [-0.15, -0.1) is 6.58 Å². The van der Waals surface area contributed by atoms with Gasteiger partial charge in [0, 0.05) is 25.8 Å². The molecule has 0 aromatic rings. The summed E-state index contributed by atoms with van der Waals surface area (Å²) in [5.74, 6) is -0.0416. The van der Waals surface area contributed by atoms with Crippen LogP contribution in [-0.4, -0.2) is 60.4 Å². The van der Waals surface area contributed by atoms with Crippen molar-refractivity contribution in [2.24, 2.45) is 0 Å². The van der Waals surface area contributed by atoms with Crippen LogP contribution in [-0.2, 0) is 19.1 Å². The van der Waals surface area contributed by atoms with Crippen LogP contribution in [0.3, 0.4) is 0 Å². The lowest BCUT2D eigenvalue weighted by Crippen LogP contribution is -2.29. The van der Waals surface area contributed by atoms with Crippen LogP contribution in [0.1, 0.15) is 239 Å². The molecule has 0 aliphatic carbocycles. The Labute approximate surface area is 330 Å². The van der Waals surface area contributed by atoms with Crippen LogP contribution in [0.25, 0.3) is 0 Å². The molecule has 0 heterocycles. The second kappa shape index (κ2) is 41.8. The zero-order valence-corrected chi connectivity index (χ0v) is 35.8. The van der Waals surface area contributed by atoms with E-state index in [2.05, 4.69) is 32.3 Å². The van der Waals surface area contributed by atoms with Crippen LogP contribution in [0.2, 0.25) is 0 Å². The van der Waals surface area contributed by atoms with Gasteiger partial charge in [0.25, 0.3) is 0 Å². The van der Waals surface area contributed by atoms with Crippen molar-refractivity contribution in [3.63, 3.8) is 0 Å². The molecule has 0 radical (unpaired) electrons. The minimum absolute atomic E-state index is 0.00986. The first kappa shape index (κ1) is 51.6. The van der Waals surface area contributed by atoms with E-state index < -0.39 is 0 Å². The maximum atomic E-state index is 12.7. The molecule has 0 aromatic heterocycles. The van der Waals surface area contributed by atoms with Crippen molar-refractivity contribution in [3.05, 3.63) is 12.7 Å². The van der Waals surface area contributed by atoms with Gasteiger partial charge in [-0.2, -0.15) is 0 Å². The monoisotopic (exact) mass is 750 g/mol. The SMILES string of the molecule is C=CCC(CCCCCCCC)OC(=O)CCCCCCCN(CCO)CCCCCCCC(=O)OC(CCCCCCCC)CCCCCCCC. The fourth-order valence-corrected chi connectivity index (χ4v) is 7.37. The summed E-state index contributed by atoms with van der Waals surface area (Å²) >= 11 is 0. The van der Waals surface area contributed by atoms with E-state index in [1.807, 2.05) is 6.08 Å². The number of rotatable bonds is 43. The number of carbonyl (C=O) groups excluding carboxylic acids is 2. The topological polar surface area (TPSA) is 76.1 Å². The van der Waals surface area contributed by atoms with E-state index in [0.29, 0.717) is 12.8 Å². The third kappa shape index (κ3) is 37.3. The summed E-state index contributed by atoms with van der Waals surface area (Å²) in [5.41, 5.74) is 0. The van der Waals surface area contributed by atoms with E-state index in [4.69, 9.17) is 9.47 Å². The Bertz CT molecular complexity index is 773. The molecule has 314 valence electrons. The Morgan fingerprint density at radius 3 is 1.23 bits per heavy atom. The lowest BCUT2D eigenvalue weighted by atomic mass is 10.0. The first-order chi connectivity index (χ1) is 26.0. The van der Waals surface area contributed by atoms with Crippen molar-refractivity contribution >= 4 is 11.9 Å². The molecule has 0 aromatic carbocycles. The number of esters is 2. The number of nitrogens with zero attached hydrogens (tertiary/aromatic N) is 1. The van der Waals surface area contributed by atoms with Gasteiger partial charge in [0.2, 0.25) is 0 Å². The summed E-state index contributed by atoms with van der Waals surface area (Å²) in [7, 11) is 0. The lowest BCUT2D eigenvalue weighted by Gasteiger charge is -2.21. The summed E-state index contributed by atoms with van der Waals surface area (Å²) in [6, 6.07) is 0. The van der Waals surface area contributed by atoms with Crippen molar-refractivity contribution in [1.29, 1.82) is 0 Å². The highest BCUT2D eigenvalue weighted by Gasteiger charge is 2.15. The minimum atomic E-state index is -0.0527. The van der Waals surface area contributed by atoms with Gasteiger partial charge in [-0.05, 0) is 77.3 Å². The van der Waals surface area contributed by atoms with E-state index in [1.54, 1.807) is 0 Å². The van der Waals surface area contributed by atoms with E-state index >= 15 is 0 Å². The molecule has 0 aliphatic heterocycles. The average Bonchev–Trinajstić information content (AvgIpc) is 3.14. The van der Waals surface area contributed by atoms with Crippen molar-refractivity contribution < 1.29 is 24.2 Å². The van der Waals surface area contributed by atoms with Crippen molar-refractivity contribution in [2.75, 3.05) is 26.2 Å². The molecule has 0 saturated carbocycles. The smallest absolute Gasteiger partial charge is 0.306 e. The Hall–Kier alpha value is -1.40. The summed E-state index contributed by atoms with van der Waals surface area (Å²) < 4.78 is 11.8. The lowest BCUT2D eigenvalue weighted by molar-refractivity contribution is -0.150. The standard InChI is InChI=1S/C47H91NO5/c1-5-9-12-15-20-27-35-44(34-8-4)52-46(50)38-30-23-18-25-32-40-48(42-43-49)41-33-26-19-24-31-39-47(51)53-45(36-28-21-16-13-10-6-2)37-29-22-17-14-11-7-3/h8,44-45,49H,4-7,9-43H2,1-3H3. The number of carbonyl (C=O) groups is 2. The van der Waals surface area contributed by atoms with Gasteiger partial charge in [-0.25, -0.2) is 0 Å². The predicted octanol–water partition coefficient (Wildman–Crippen LogP) is 13.6. The Morgan fingerprint density at radius 1 is 0.491 bits per heavy atom. The van der Waals surface area contributed by atoms with Crippen LogP contribution in [0.5, 0.6) is 0 Å². The molecule has 0 bridgehead atoms. The van der Waals surface area contributed by atoms with Crippen LogP contribution in [0, 0.1) is 0 Å². The summed E-state index contributed by atoms with van der Waals surface area (Å²) in [4.78, 5) is 27.5. The first-order valence-electron chi connectivity index (χ1n) is 23.3. The van der Waals surface area contributed by atoms with E-state index in [-0.39, 0.29) is 30.8 Å². The number of unbranched alkanes of at least 4 members (excludes halogenated alkanes) is 23. The molecule has 0 fully saturated rings. The van der Waals surface area contributed by atoms with Gasteiger partial charge in [0.05, 0.1) is 6.61 Å². The highest BCUT2D eigenvalue weighted by atomic mass is 16.5. The average molecular weight is 750 g/mol. The Balaban J connectivity index is 4.08. The molecule has 0 amide bonds. The molecule has 6 heteroatoms. The molecule has 0 spiro atoms. The number of aliphatic hydroxyl groups excluding tert-OH is 1. The summed E-state index contributed by atoms with van der Waals surface area (Å²) in [6.07, 6.45) is 40.5. The Kier molecular flexibility index (Phi) is 40.7. The predicted molar refractivity (Wildman–Crippen MR) is 227 cm³/mol. The van der Waals surface area contributed by atoms with E-state index in [9.17, 15) is 14.7 Å². The van der Waals surface area contributed by atoms with E-state index in [0.717, 1.165) is 110 Å². The zero-order chi connectivity index (χ0) is 38.9. The highest BCUT2D eigenvalue weighted by Crippen LogP contribution is 2.19. The van der Waals surface area contributed by atoms with Gasteiger partial charge >= 0.3 is 11.9 Å². The van der Waals surface area contributed by atoms with Crippen LogP contribution in [0.15, 0.2) is 12.7 Å². The molecule has 1 atom stereocenters. The van der Waals surface area contributed by atoms with Crippen molar-refractivity contribution in [3.8, 4) is 0 Å². The molecule has 0 saturated heterocycles. The van der Waals surface area contributed by atoms with Crippen LogP contribution in [0.4, 0.5) is 0 Å². The fraction of sp³-hybridized carbons (Fsp3) is 0.915. The van der Waals surface area contributed by atoms with Gasteiger partial charge in [-0.1, -0.05) is 162 Å². The molecule has 53 heavy (non-hydrogen) atoms. The van der Waals surface area contributed by atoms with Crippen molar-refractivity contribution in [2.45, 2.75) is 251 Å². The summed E-state index contributed by atoms with van der Waals surface area (Å²) in [5, 5.41) is 9.58. The molecule has 0 rings (SSSR count). The number of hydrogen-bond donors (Lipinski definition) is 1. The maximum Gasteiger partial charge on any atom is 0.306 e. The molecule has 1 unspecified atom stereocenters. The second-order valence-electron chi connectivity index (χ2n) is 16.0. The third-order valence-electron chi connectivity index (χ3n) is 10.8. The molecule has 0 aliphatic rings. The fourth-order valence-electron chi connectivity index (χ4n) is 7.37. The number of ether oxygens (including phenoxy) is 2. The Morgan fingerprint density at radius 2 is 0.830 bits per heavy atom. The van der Waals surface area contributed by atoms with Crippen molar-refractivity contribution in [1.82, 2.24) is 4.90 Å². The van der Waals surface area contributed by atoms with E-state index in [1.165, 1.54) is 116 Å². The molecule has 6 nitrogen and oxygen atoms in total.